The molecule has 0 spiro atoms. The largest absolute Gasteiger partial charge is 0.398 e. The molecule has 1 aromatic rings. The third-order valence-corrected chi connectivity index (χ3v) is 3.60. The minimum atomic E-state index is 0.0723. The van der Waals surface area contributed by atoms with E-state index in [9.17, 15) is 4.79 Å². The standard InChI is InChI=1S/C14H20N2O/c1-9-7-11(3)16(8-9)14(17)12-6-4-5-10(2)13(12)15/h4-6,9,11H,7-8,15H2,1-3H3. The molecule has 1 aliphatic heterocycles. The first kappa shape index (κ1) is 12.0. The molecule has 3 heteroatoms. The summed E-state index contributed by atoms with van der Waals surface area (Å²) in [5, 5.41) is 0. The Labute approximate surface area is 103 Å². The molecule has 2 N–H and O–H groups in total. The molecule has 1 aromatic carbocycles. The fourth-order valence-electron chi connectivity index (χ4n) is 2.60. The second-order valence-corrected chi connectivity index (χ2v) is 5.18. The summed E-state index contributed by atoms with van der Waals surface area (Å²) in [6.45, 7) is 7.06. The Morgan fingerprint density at radius 3 is 2.71 bits per heavy atom. The average Bonchev–Trinajstić information content (AvgIpc) is 2.61. The van der Waals surface area contributed by atoms with Gasteiger partial charge in [-0.1, -0.05) is 19.1 Å². The van der Waals surface area contributed by atoms with Crippen LogP contribution < -0.4 is 5.73 Å². The predicted molar refractivity (Wildman–Crippen MR) is 69.9 cm³/mol. The first-order chi connectivity index (χ1) is 8.00. The smallest absolute Gasteiger partial charge is 0.256 e. The minimum Gasteiger partial charge on any atom is -0.398 e. The Bertz CT molecular complexity index is 442. The maximum Gasteiger partial charge on any atom is 0.256 e. The number of anilines is 1. The number of carbonyl (C=O) groups excluding carboxylic acids is 1. The number of carbonyl (C=O) groups is 1. The van der Waals surface area contributed by atoms with Crippen molar-refractivity contribution in [1.82, 2.24) is 4.90 Å². The highest BCUT2D eigenvalue weighted by molar-refractivity contribution is 6.00. The molecule has 3 nitrogen and oxygen atoms in total. The minimum absolute atomic E-state index is 0.0723. The van der Waals surface area contributed by atoms with Gasteiger partial charge in [0.15, 0.2) is 0 Å². The quantitative estimate of drug-likeness (QED) is 0.756. The van der Waals surface area contributed by atoms with Crippen molar-refractivity contribution in [1.29, 1.82) is 0 Å². The van der Waals surface area contributed by atoms with E-state index in [2.05, 4.69) is 13.8 Å². The van der Waals surface area contributed by atoms with Crippen molar-refractivity contribution in [2.75, 3.05) is 12.3 Å². The van der Waals surface area contributed by atoms with E-state index < -0.39 is 0 Å². The number of nitrogens with two attached hydrogens (primary N) is 1. The third-order valence-electron chi connectivity index (χ3n) is 3.60. The number of nitrogens with zero attached hydrogens (tertiary/aromatic N) is 1. The molecule has 0 aliphatic carbocycles. The second kappa shape index (κ2) is 4.40. The Hall–Kier alpha value is -1.51. The molecule has 1 heterocycles. The summed E-state index contributed by atoms with van der Waals surface area (Å²) in [4.78, 5) is 14.4. The SMILES string of the molecule is Cc1cccc(C(=O)N2CC(C)CC2C)c1N. The van der Waals surface area contributed by atoms with Gasteiger partial charge in [0.05, 0.1) is 5.56 Å². The molecular weight excluding hydrogens is 212 g/mol. The summed E-state index contributed by atoms with van der Waals surface area (Å²) in [5.41, 5.74) is 8.21. The highest BCUT2D eigenvalue weighted by Crippen LogP contribution is 2.26. The van der Waals surface area contributed by atoms with Gasteiger partial charge in [-0.15, -0.1) is 0 Å². The van der Waals surface area contributed by atoms with Crippen LogP contribution in [0.2, 0.25) is 0 Å². The summed E-state index contributed by atoms with van der Waals surface area (Å²) in [6.07, 6.45) is 1.08. The lowest BCUT2D eigenvalue weighted by Crippen LogP contribution is -2.34. The molecule has 1 saturated heterocycles. The molecule has 92 valence electrons. The number of aryl methyl sites for hydroxylation is 1. The van der Waals surface area contributed by atoms with E-state index in [0.29, 0.717) is 23.2 Å². The van der Waals surface area contributed by atoms with Crippen molar-refractivity contribution in [2.24, 2.45) is 5.92 Å². The van der Waals surface area contributed by atoms with E-state index in [0.717, 1.165) is 18.5 Å². The lowest BCUT2D eigenvalue weighted by atomic mass is 10.1. The average molecular weight is 232 g/mol. The van der Waals surface area contributed by atoms with E-state index in [1.165, 1.54) is 0 Å². The van der Waals surface area contributed by atoms with Gasteiger partial charge in [0.2, 0.25) is 0 Å². The molecule has 0 bridgehead atoms. The molecule has 1 aliphatic rings. The Balaban J connectivity index is 2.29. The summed E-state index contributed by atoms with van der Waals surface area (Å²) in [7, 11) is 0. The van der Waals surface area contributed by atoms with Crippen LogP contribution in [0.15, 0.2) is 18.2 Å². The van der Waals surface area contributed by atoms with Gasteiger partial charge in [0.25, 0.3) is 5.91 Å². The van der Waals surface area contributed by atoms with Crippen molar-refractivity contribution in [3.8, 4) is 0 Å². The molecule has 0 saturated carbocycles. The Morgan fingerprint density at radius 1 is 1.41 bits per heavy atom. The highest BCUT2D eigenvalue weighted by Gasteiger charge is 2.31. The van der Waals surface area contributed by atoms with Crippen LogP contribution in [0.4, 0.5) is 5.69 Å². The van der Waals surface area contributed by atoms with Gasteiger partial charge >= 0.3 is 0 Å². The molecule has 2 atom stereocenters. The van der Waals surface area contributed by atoms with Gasteiger partial charge in [0, 0.05) is 18.3 Å². The monoisotopic (exact) mass is 232 g/mol. The topological polar surface area (TPSA) is 46.3 Å². The number of para-hydroxylation sites is 1. The fourth-order valence-corrected chi connectivity index (χ4v) is 2.60. The van der Waals surface area contributed by atoms with Crippen LogP contribution in [0, 0.1) is 12.8 Å². The van der Waals surface area contributed by atoms with Crippen molar-refractivity contribution in [3.05, 3.63) is 29.3 Å². The zero-order valence-corrected chi connectivity index (χ0v) is 10.7. The number of amides is 1. The van der Waals surface area contributed by atoms with Crippen LogP contribution >= 0.6 is 0 Å². The number of hydrogen-bond donors (Lipinski definition) is 1. The maximum atomic E-state index is 12.4. The molecule has 2 unspecified atom stereocenters. The van der Waals surface area contributed by atoms with Crippen molar-refractivity contribution in [3.63, 3.8) is 0 Å². The van der Waals surface area contributed by atoms with E-state index >= 15 is 0 Å². The normalized spacial score (nSPS) is 24.1. The van der Waals surface area contributed by atoms with E-state index in [1.54, 1.807) is 0 Å². The van der Waals surface area contributed by atoms with Crippen molar-refractivity contribution < 1.29 is 4.79 Å². The molecule has 1 amide bonds. The number of nitrogen functional groups attached to an aromatic ring is 1. The molecule has 0 aromatic heterocycles. The van der Waals surface area contributed by atoms with Crippen molar-refractivity contribution >= 4 is 11.6 Å². The lowest BCUT2D eigenvalue weighted by molar-refractivity contribution is 0.0745. The number of benzene rings is 1. The zero-order valence-electron chi connectivity index (χ0n) is 10.7. The van der Waals surface area contributed by atoms with Crippen LogP contribution in [0.5, 0.6) is 0 Å². The third kappa shape index (κ3) is 2.14. The summed E-state index contributed by atoms with van der Waals surface area (Å²) >= 11 is 0. The van der Waals surface area contributed by atoms with Gasteiger partial charge in [-0.3, -0.25) is 4.79 Å². The van der Waals surface area contributed by atoms with Crippen molar-refractivity contribution in [2.45, 2.75) is 33.2 Å². The van der Waals surface area contributed by atoms with Crippen LogP contribution in [0.25, 0.3) is 0 Å². The van der Waals surface area contributed by atoms with Crippen LogP contribution in [-0.2, 0) is 0 Å². The summed E-state index contributed by atoms with van der Waals surface area (Å²) in [6, 6.07) is 5.96. The van der Waals surface area contributed by atoms with E-state index in [4.69, 9.17) is 5.73 Å². The summed E-state index contributed by atoms with van der Waals surface area (Å²) in [5.74, 6) is 0.656. The number of likely N-dealkylation sites (tertiary alicyclic amines) is 1. The maximum absolute atomic E-state index is 12.4. The number of hydrogen-bond acceptors (Lipinski definition) is 2. The van der Waals surface area contributed by atoms with Gasteiger partial charge in [0.1, 0.15) is 0 Å². The van der Waals surface area contributed by atoms with Gasteiger partial charge in [-0.2, -0.15) is 0 Å². The van der Waals surface area contributed by atoms with E-state index in [-0.39, 0.29) is 5.91 Å². The lowest BCUT2D eigenvalue weighted by Gasteiger charge is -2.22. The van der Waals surface area contributed by atoms with E-state index in [1.807, 2.05) is 30.0 Å². The first-order valence-corrected chi connectivity index (χ1v) is 6.16. The van der Waals surface area contributed by atoms with Crippen LogP contribution in [-0.4, -0.2) is 23.4 Å². The van der Waals surface area contributed by atoms with Gasteiger partial charge in [-0.25, -0.2) is 0 Å². The second-order valence-electron chi connectivity index (χ2n) is 5.18. The summed E-state index contributed by atoms with van der Waals surface area (Å²) < 4.78 is 0. The number of rotatable bonds is 1. The van der Waals surface area contributed by atoms with Gasteiger partial charge in [-0.05, 0) is 37.8 Å². The molecule has 0 radical (unpaired) electrons. The predicted octanol–water partition coefficient (Wildman–Crippen LogP) is 2.45. The Kier molecular flexibility index (Phi) is 3.09. The molecule has 1 fully saturated rings. The zero-order chi connectivity index (χ0) is 12.6. The highest BCUT2D eigenvalue weighted by atomic mass is 16.2. The van der Waals surface area contributed by atoms with Crippen LogP contribution in [0.1, 0.15) is 36.2 Å². The first-order valence-electron chi connectivity index (χ1n) is 6.16. The molecular formula is C14H20N2O. The molecule has 2 rings (SSSR count). The Morgan fingerprint density at radius 2 is 2.12 bits per heavy atom. The fraction of sp³-hybridized carbons (Fsp3) is 0.500. The van der Waals surface area contributed by atoms with Crippen LogP contribution in [0.3, 0.4) is 0 Å². The van der Waals surface area contributed by atoms with Gasteiger partial charge < -0.3 is 10.6 Å². The molecule has 17 heavy (non-hydrogen) atoms.